The zero-order chi connectivity index (χ0) is 15.2. The summed E-state index contributed by atoms with van der Waals surface area (Å²) in [6, 6.07) is 12.3. The van der Waals surface area contributed by atoms with Crippen molar-refractivity contribution in [3.8, 4) is 0 Å². The molecule has 0 aliphatic carbocycles. The standard InChI is InChI=1S/C16H15F2NO2/c17-14-7-6-13(10-15(14)18)16(21)19(8-9-20)11-12-4-2-1-3-5-12/h1-7,10,20H,8-9,11H2. The molecule has 0 aromatic heterocycles. The van der Waals surface area contributed by atoms with Gasteiger partial charge in [-0.15, -0.1) is 0 Å². The molecular weight excluding hydrogens is 276 g/mol. The Bertz CT molecular complexity index is 617. The quantitative estimate of drug-likeness (QED) is 0.920. The fraction of sp³-hybridized carbons (Fsp3) is 0.188. The van der Waals surface area contributed by atoms with Crippen LogP contribution in [0.2, 0.25) is 0 Å². The lowest BCUT2D eigenvalue weighted by atomic mass is 10.1. The van der Waals surface area contributed by atoms with Gasteiger partial charge < -0.3 is 10.0 Å². The molecule has 2 aromatic carbocycles. The number of aliphatic hydroxyl groups is 1. The molecule has 0 aliphatic heterocycles. The summed E-state index contributed by atoms with van der Waals surface area (Å²) in [6.45, 7) is 0.203. The first-order chi connectivity index (χ1) is 10.1. The van der Waals surface area contributed by atoms with E-state index in [0.717, 1.165) is 17.7 Å². The third-order valence-corrected chi connectivity index (χ3v) is 3.04. The Kier molecular flexibility index (Phi) is 5.00. The molecule has 0 saturated heterocycles. The Hall–Kier alpha value is -2.27. The molecule has 0 fully saturated rings. The van der Waals surface area contributed by atoms with E-state index in [1.807, 2.05) is 30.3 Å². The predicted molar refractivity (Wildman–Crippen MR) is 74.6 cm³/mol. The summed E-state index contributed by atoms with van der Waals surface area (Å²) in [5.41, 5.74) is 0.945. The van der Waals surface area contributed by atoms with Crippen molar-refractivity contribution in [2.45, 2.75) is 6.54 Å². The highest BCUT2D eigenvalue weighted by atomic mass is 19.2. The van der Waals surface area contributed by atoms with Gasteiger partial charge in [-0.1, -0.05) is 30.3 Å². The highest BCUT2D eigenvalue weighted by Gasteiger charge is 2.17. The average molecular weight is 291 g/mol. The number of halogens is 2. The Morgan fingerprint density at radius 2 is 1.76 bits per heavy atom. The van der Waals surface area contributed by atoms with Crippen molar-refractivity contribution >= 4 is 5.91 Å². The molecule has 110 valence electrons. The van der Waals surface area contributed by atoms with Crippen LogP contribution in [-0.2, 0) is 6.54 Å². The van der Waals surface area contributed by atoms with Gasteiger partial charge in [0.2, 0.25) is 0 Å². The second-order valence-electron chi connectivity index (χ2n) is 4.56. The molecule has 0 atom stereocenters. The number of carbonyl (C=O) groups excluding carboxylic acids is 1. The maximum absolute atomic E-state index is 13.2. The molecule has 0 heterocycles. The van der Waals surface area contributed by atoms with E-state index in [4.69, 9.17) is 5.11 Å². The first kappa shape index (κ1) is 15.1. The SMILES string of the molecule is O=C(c1ccc(F)c(F)c1)N(CCO)Cc1ccccc1. The van der Waals surface area contributed by atoms with Gasteiger partial charge in [-0.2, -0.15) is 0 Å². The van der Waals surface area contributed by atoms with Gasteiger partial charge in [0.15, 0.2) is 11.6 Å². The van der Waals surface area contributed by atoms with Gasteiger partial charge in [0.05, 0.1) is 6.61 Å². The molecule has 0 aliphatic rings. The first-order valence-corrected chi connectivity index (χ1v) is 6.51. The van der Waals surface area contributed by atoms with Gasteiger partial charge >= 0.3 is 0 Å². The van der Waals surface area contributed by atoms with Gasteiger partial charge in [0.25, 0.3) is 5.91 Å². The van der Waals surface area contributed by atoms with Crippen molar-refractivity contribution in [3.63, 3.8) is 0 Å². The second-order valence-corrected chi connectivity index (χ2v) is 4.56. The number of nitrogens with zero attached hydrogens (tertiary/aromatic N) is 1. The van der Waals surface area contributed by atoms with E-state index in [0.29, 0.717) is 6.54 Å². The molecule has 1 N–H and O–H groups in total. The molecule has 21 heavy (non-hydrogen) atoms. The number of hydrogen-bond acceptors (Lipinski definition) is 2. The minimum Gasteiger partial charge on any atom is -0.395 e. The van der Waals surface area contributed by atoms with Crippen LogP contribution in [0.3, 0.4) is 0 Å². The number of benzene rings is 2. The zero-order valence-corrected chi connectivity index (χ0v) is 11.3. The summed E-state index contributed by atoms with van der Waals surface area (Å²) < 4.78 is 26.1. The van der Waals surface area contributed by atoms with E-state index < -0.39 is 17.5 Å². The lowest BCUT2D eigenvalue weighted by molar-refractivity contribution is 0.0707. The molecule has 2 aromatic rings. The van der Waals surface area contributed by atoms with E-state index in [1.165, 1.54) is 11.0 Å². The summed E-state index contributed by atoms with van der Waals surface area (Å²) in [6.07, 6.45) is 0. The Labute approximate surface area is 121 Å². The molecule has 3 nitrogen and oxygen atoms in total. The highest BCUT2D eigenvalue weighted by molar-refractivity contribution is 5.94. The van der Waals surface area contributed by atoms with E-state index in [-0.39, 0.29) is 18.7 Å². The number of amides is 1. The molecule has 0 spiro atoms. The van der Waals surface area contributed by atoms with E-state index in [2.05, 4.69) is 0 Å². The molecule has 5 heteroatoms. The van der Waals surface area contributed by atoms with Crippen molar-refractivity contribution in [3.05, 3.63) is 71.3 Å². The molecule has 0 unspecified atom stereocenters. The van der Waals surface area contributed by atoms with Crippen LogP contribution in [0.25, 0.3) is 0 Å². The number of aliphatic hydroxyl groups excluding tert-OH is 1. The van der Waals surface area contributed by atoms with Crippen LogP contribution >= 0.6 is 0 Å². The topological polar surface area (TPSA) is 40.5 Å². The highest BCUT2D eigenvalue weighted by Crippen LogP contribution is 2.13. The van der Waals surface area contributed by atoms with Crippen molar-refractivity contribution in [1.29, 1.82) is 0 Å². The zero-order valence-electron chi connectivity index (χ0n) is 11.3. The second kappa shape index (κ2) is 6.95. The van der Waals surface area contributed by atoms with Gasteiger partial charge in [0.1, 0.15) is 0 Å². The third-order valence-electron chi connectivity index (χ3n) is 3.04. The van der Waals surface area contributed by atoms with Crippen LogP contribution in [0.1, 0.15) is 15.9 Å². The van der Waals surface area contributed by atoms with Crippen molar-refractivity contribution in [2.75, 3.05) is 13.2 Å². The smallest absolute Gasteiger partial charge is 0.254 e. The lowest BCUT2D eigenvalue weighted by Gasteiger charge is -2.22. The molecule has 0 radical (unpaired) electrons. The predicted octanol–water partition coefficient (Wildman–Crippen LogP) is 2.60. The largest absolute Gasteiger partial charge is 0.395 e. The van der Waals surface area contributed by atoms with Crippen LogP contribution in [-0.4, -0.2) is 29.1 Å². The first-order valence-electron chi connectivity index (χ1n) is 6.51. The summed E-state index contributed by atoms with van der Waals surface area (Å²) in [4.78, 5) is 13.7. The van der Waals surface area contributed by atoms with Gasteiger partial charge in [-0.05, 0) is 23.8 Å². The maximum atomic E-state index is 13.2. The van der Waals surface area contributed by atoms with Crippen LogP contribution < -0.4 is 0 Å². The minimum atomic E-state index is -1.07. The summed E-state index contributed by atoms with van der Waals surface area (Å²) in [7, 11) is 0. The molecule has 2 rings (SSSR count). The van der Waals surface area contributed by atoms with Crippen LogP contribution in [0.4, 0.5) is 8.78 Å². The van der Waals surface area contributed by atoms with Gasteiger partial charge in [-0.3, -0.25) is 4.79 Å². The average Bonchev–Trinajstić information content (AvgIpc) is 2.50. The third kappa shape index (κ3) is 3.86. The van der Waals surface area contributed by atoms with Gasteiger partial charge in [0, 0.05) is 18.7 Å². The maximum Gasteiger partial charge on any atom is 0.254 e. The molecule has 1 amide bonds. The van der Waals surface area contributed by atoms with E-state index in [1.54, 1.807) is 0 Å². The fourth-order valence-corrected chi connectivity index (χ4v) is 1.99. The van der Waals surface area contributed by atoms with E-state index >= 15 is 0 Å². The van der Waals surface area contributed by atoms with Crippen LogP contribution in [0.5, 0.6) is 0 Å². The Balaban J connectivity index is 2.20. The Morgan fingerprint density at radius 1 is 1.05 bits per heavy atom. The lowest BCUT2D eigenvalue weighted by Crippen LogP contribution is -2.33. The monoisotopic (exact) mass is 291 g/mol. The van der Waals surface area contributed by atoms with Crippen LogP contribution in [0, 0.1) is 11.6 Å². The summed E-state index contributed by atoms with van der Waals surface area (Å²) >= 11 is 0. The van der Waals surface area contributed by atoms with Crippen molar-refractivity contribution < 1.29 is 18.7 Å². The van der Waals surface area contributed by atoms with E-state index in [9.17, 15) is 13.6 Å². The molecule has 0 saturated carbocycles. The summed E-state index contributed by atoms with van der Waals surface area (Å²) in [5.74, 6) is -2.51. The number of carbonyl (C=O) groups is 1. The van der Waals surface area contributed by atoms with Crippen molar-refractivity contribution in [2.24, 2.45) is 0 Å². The Morgan fingerprint density at radius 3 is 2.38 bits per heavy atom. The molecular formula is C16H15F2NO2. The normalized spacial score (nSPS) is 10.4. The van der Waals surface area contributed by atoms with Crippen LogP contribution in [0.15, 0.2) is 48.5 Å². The molecule has 0 bridgehead atoms. The van der Waals surface area contributed by atoms with Crippen molar-refractivity contribution in [1.82, 2.24) is 4.90 Å². The van der Waals surface area contributed by atoms with Gasteiger partial charge in [-0.25, -0.2) is 8.78 Å². The number of rotatable bonds is 5. The number of hydrogen-bond donors (Lipinski definition) is 1. The fourth-order valence-electron chi connectivity index (χ4n) is 1.99. The summed E-state index contributed by atoms with van der Waals surface area (Å²) in [5, 5.41) is 9.08. The minimum absolute atomic E-state index is 0.0540.